The maximum absolute atomic E-state index is 12.7. The number of carbonyl (C=O) groups excluding carboxylic acids is 2. The fraction of sp³-hybridized carbons (Fsp3) is 0.154. The summed E-state index contributed by atoms with van der Waals surface area (Å²) in [5, 5.41) is 3.89. The molecular formula is C26H25N3O5S. The summed E-state index contributed by atoms with van der Waals surface area (Å²) in [4.78, 5) is 26.4. The summed E-state index contributed by atoms with van der Waals surface area (Å²) in [5.41, 5.74) is 2.64. The average molecular weight is 492 g/mol. The van der Waals surface area contributed by atoms with Crippen LogP contribution in [0.25, 0.3) is 6.08 Å². The lowest BCUT2D eigenvalue weighted by atomic mass is 10.2. The Morgan fingerprint density at radius 3 is 2.37 bits per heavy atom. The Labute approximate surface area is 204 Å². The Morgan fingerprint density at radius 2 is 1.71 bits per heavy atom. The molecule has 1 heterocycles. The van der Waals surface area contributed by atoms with Gasteiger partial charge in [-0.15, -0.1) is 0 Å². The molecule has 0 bridgehead atoms. The monoisotopic (exact) mass is 491 g/mol. The van der Waals surface area contributed by atoms with Crippen LogP contribution in [-0.4, -0.2) is 33.9 Å². The van der Waals surface area contributed by atoms with Gasteiger partial charge in [0.15, 0.2) is 0 Å². The molecule has 180 valence electrons. The van der Waals surface area contributed by atoms with Crippen LogP contribution in [0, 0.1) is 0 Å². The fourth-order valence-electron chi connectivity index (χ4n) is 3.70. The highest BCUT2D eigenvalue weighted by molar-refractivity contribution is 7.95. The zero-order valence-electron chi connectivity index (χ0n) is 19.1. The predicted octanol–water partition coefficient (Wildman–Crippen LogP) is 4.49. The van der Waals surface area contributed by atoms with Crippen molar-refractivity contribution in [3.05, 3.63) is 89.3 Å². The van der Waals surface area contributed by atoms with E-state index in [1.807, 2.05) is 18.2 Å². The average Bonchev–Trinajstić information content (AvgIpc) is 3.29. The first-order valence-electron chi connectivity index (χ1n) is 11.0. The van der Waals surface area contributed by atoms with Crippen molar-refractivity contribution in [1.29, 1.82) is 0 Å². The Hall–Kier alpha value is -4.11. The van der Waals surface area contributed by atoms with E-state index in [0.717, 1.165) is 17.4 Å². The number of carbonyl (C=O) groups is 2. The van der Waals surface area contributed by atoms with Crippen molar-refractivity contribution < 1.29 is 22.7 Å². The van der Waals surface area contributed by atoms with Gasteiger partial charge in [0, 0.05) is 36.0 Å². The molecule has 0 radical (unpaired) electrons. The summed E-state index contributed by atoms with van der Waals surface area (Å²) in [5.74, 6) is 0.174. The van der Waals surface area contributed by atoms with Gasteiger partial charge in [0.2, 0.25) is 5.91 Å². The van der Waals surface area contributed by atoms with Crippen molar-refractivity contribution in [3.63, 3.8) is 0 Å². The number of nitrogens with one attached hydrogen (secondary N) is 2. The van der Waals surface area contributed by atoms with E-state index in [-0.39, 0.29) is 11.8 Å². The SMILES string of the molecule is COc1cc(NC(=O)c2ccc(NS(=O)(=O)/C=C/c3ccccc3)cc2)ccc1N1CCCC1=O. The second kappa shape index (κ2) is 10.4. The summed E-state index contributed by atoms with van der Waals surface area (Å²) in [7, 11) is -2.20. The lowest BCUT2D eigenvalue weighted by molar-refractivity contribution is -0.117. The van der Waals surface area contributed by atoms with Gasteiger partial charge in [-0.1, -0.05) is 30.3 Å². The van der Waals surface area contributed by atoms with Crippen molar-refractivity contribution >= 4 is 45.0 Å². The molecule has 35 heavy (non-hydrogen) atoms. The van der Waals surface area contributed by atoms with E-state index < -0.39 is 10.0 Å². The molecule has 3 aromatic rings. The minimum Gasteiger partial charge on any atom is -0.494 e. The third kappa shape index (κ3) is 6.07. The normalized spacial score (nSPS) is 13.7. The first kappa shape index (κ1) is 24.0. The number of hydrogen-bond acceptors (Lipinski definition) is 5. The van der Waals surface area contributed by atoms with Crippen LogP contribution in [-0.2, 0) is 14.8 Å². The van der Waals surface area contributed by atoms with Crippen molar-refractivity contribution in [2.45, 2.75) is 12.8 Å². The molecule has 0 saturated carbocycles. The summed E-state index contributed by atoms with van der Waals surface area (Å²) in [6.45, 7) is 0.638. The quantitative estimate of drug-likeness (QED) is 0.483. The van der Waals surface area contributed by atoms with Crippen molar-refractivity contribution in [2.24, 2.45) is 0 Å². The number of benzene rings is 3. The second-order valence-electron chi connectivity index (χ2n) is 7.93. The van der Waals surface area contributed by atoms with Gasteiger partial charge in [-0.25, -0.2) is 8.42 Å². The second-order valence-corrected chi connectivity index (χ2v) is 9.49. The molecule has 2 amide bonds. The van der Waals surface area contributed by atoms with Gasteiger partial charge in [0.1, 0.15) is 5.75 Å². The molecule has 1 aliphatic heterocycles. The minimum atomic E-state index is -3.71. The van der Waals surface area contributed by atoms with Gasteiger partial charge >= 0.3 is 0 Å². The smallest absolute Gasteiger partial charge is 0.255 e. The van der Waals surface area contributed by atoms with Crippen LogP contribution >= 0.6 is 0 Å². The van der Waals surface area contributed by atoms with Crippen LogP contribution in [0.2, 0.25) is 0 Å². The molecule has 0 atom stereocenters. The predicted molar refractivity (Wildman–Crippen MR) is 137 cm³/mol. The Morgan fingerprint density at radius 1 is 1.00 bits per heavy atom. The maximum atomic E-state index is 12.7. The minimum absolute atomic E-state index is 0.0476. The molecule has 4 rings (SSSR count). The number of methoxy groups -OCH3 is 1. The number of hydrogen-bond donors (Lipinski definition) is 2. The van der Waals surface area contributed by atoms with E-state index in [4.69, 9.17) is 4.74 Å². The van der Waals surface area contributed by atoms with Gasteiger partial charge in [-0.3, -0.25) is 14.3 Å². The summed E-state index contributed by atoms with van der Waals surface area (Å²) >= 11 is 0. The topological polar surface area (TPSA) is 105 Å². The third-order valence-corrected chi connectivity index (χ3v) is 6.46. The lowest BCUT2D eigenvalue weighted by Gasteiger charge is -2.19. The van der Waals surface area contributed by atoms with Gasteiger partial charge < -0.3 is 15.0 Å². The molecule has 1 fully saturated rings. The Bertz CT molecular complexity index is 1350. The molecule has 1 saturated heterocycles. The largest absolute Gasteiger partial charge is 0.494 e. The van der Waals surface area contributed by atoms with Crippen molar-refractivity contribution in [1.82, 2.24) is 0 Å². The van der Waals surface area contributed by atoms with Crippen LogP contribution in [0.15, 0.2) is 78.2 Å². The summed E-state index contributed by atoms with van der Waals surface area (Å²) in [6, 6.07) is 20.3. The summed E-state index contributed by atoms with van der Waals surface area (Å²) in [6.07, 6.45) is 2.82. The molecule has 2 N–H and O–H groups in total. The first-order valence-corrected chi connectivity index (χ1v) is 12.5. The van der Waals surface area contributed by atoms with E-state index in [2.05, 4.69) is 10.0 Å². The summed E-state index contributed by atoms with van der Waals surface area (Å²) < 4.78 is 32.5. The molecular weight excluding hydrogens is 466 g/mol. The zero-order chi connectivity index (χ0) is 24.8. The van der Waals surface area contributed by atoms with Gasteiger partial charge in [0.05, 0.1) is 18.2 Å². The number of ether oxygens (including phenoxy) is 1. The van der Waals surface area contributed by atoms with Crippen LogP contribution in [0.5, 0.6) is 5.75 Å². The van der Waals surface area contributed by atoms with Crippen LogP contribution in [0.3, 0.4) is 0 Å². The molecule has 0 spiro atoms. The highest BCUT2D eigenvalue weighted by atomic mass is 32.2. The highest BCUT2D eigenvalue weighted by Crippen LogP contribution is 2.34. The van der Waals surface area contributed by atoms with Crippen LogP contribution in [0.1, 0.15) is 28.8 Å². The molecule has 9 heteroatoms. The molecule has 0 unspecified atom stereocenters. The van der Waals surface area contributed by atoms with Gasteiger partial charge in [0.25, 0.3) is 15.9 Å². The number of anilines is 3. The van der Waals surface area contributed by atoms with Gasteiger partial charge in [-0.2, -0.15) is 0 Å². The maximum Gasteiger partial charge on any atom is 0.255 e. The Balaban J connectivity index is 1.41. The number of amides is 2. The molecule has 8 nitrogen and oxygen atoms in total. The van der Waals surface area contributed by atoms with Crippen molar-refractivity contribution in [3.8, 4) is 5.75 Å². The highest BCUT2D eigenvalue weighted by Gasteiger charge is 2.24. The molecule has 0 aliphatic carbocycles. The molecule has 1 aliphatic rings. The zero-order valence-corrected chi connectivity index (χ0v) is 19.9. The van der Waals surface area contributed by atoms with E-state index in [1.165, 1.54) is 37.5 Å². The first-order chi connectivity index (χ1) is 16.8. The van der Waals surface area contributed by atoms with E-state index in [0.29, 0.717) is 41.3 Å². The standard InChI is InChI=1S/C26H25N3O5S/c1-34-24-18-22(13-14-23(24)29-16-5-8-25(29)30)27-26(31)20-9-11-21(12-10-20)28-35(32,33)17-15-19-6-3-2-4-7-19/h2-4,6-7,9-15,17-18,28H,5,8,16H2,1H3,(H,27,31)/b17-15+. The van der Waals surface area contributed by atoms with E-state index in [9.17, 15) is 18.0 Å². The number of nitrogens with zero attached hydrogens (tertiary/aromatic N) is 1. The molecule has 0 aromatic heterocycles. The Kier molecular flexibility index (Phi) is 7.17. The third-order valence-electron chi connectivity index (χ3n) is 5.45. The lowest BCUT2D eigenvalue weighted by Crippen LogP contribution is -2.24. The van der Waals surface area contributed by atoms with Gasteiger partial charge in [-0.05, 0) is 54.5 Å². The number of rotatable bonds is 8. The van der Waals surface area contributed by atoms with Crippen LogP contribution < -0.4 is 19.7 Å². The van der Waals surface area contributed by atoms with E-state index >= 15 is 0 Å². The fourth-order valence-corrected chi connectivity index (χ4v) is 4.57. The van der Waals surface area contributed by atoms with Crippen LogP contribution in [0.4, 0.5) is 17.1 Å². The number of sulfonamides is 1. The molecule has 3 aromatic carbocycles. The van der Waals surface area contributed by atoms with E-state index in [1.54, 1.807) is 35.2 Å². The van der Waals surface area contributed by atoms with Crippen molar-refractivity contribution in [2.75, 3.05) is 28.6 Å².